The first-order valence-corrected chi connectivity index (χ1v) is 11.9. The average Bonchev–Trinajstić information content (AvgIpc) is 2.77. The van der Waals surface area contributed by atoms with Crippen molar-refractivity contribution in [3.8, 4) is 5.75 Å². The van der Waals surface area contributed by atoms with Crippen LogP contribution in [0.2, 0.25) is 5.02 Å². The van der Waals surface area contributed by atoms with E-state index >= 15 is 0 Å². The number of amides is 1. The van der Waals surface area contributed by atoms with Gasteiger partial charge >= 0.3 is 0 Å². The summed E-state index contributed by atoms with van der Waals surface area (Å²) < 4.78 is 33.1. The first-order valence-electron chi connectivity index (χ1n) is 10.1. The normalized spacial score (nSPS) is 15.2. The Bertz CT molecular complexity index is 940. The number of sulfonamides is 1. The average molecular weight is 451 g/mol. The van der Waals surface area contributed by atoms with E-state index in [1.807, 2.05) is 24.3 Å². The molecule has 2 aromatic carbocycles. The molecule has 0 saturated heterocycles. The van der Waals surface area contributed by atoms with Gasteiger partial charge in [0.05, 0.1) is 18.6 Å². The van der Waals surface area contributed by atoms with Crippen LogP contribution in [-0.2, 0) is 21.4 Å². The van der Waals surface area contributed by atoms with Crippen molar-refractivity contribution in [1.29, 1.82) is 0 Å². The van der Waals surface area contributed by atoms with E-state index in [-0.39, 0.29) is 23.4 Å². The lowest BCUT2D eigenvalue weighted by atomic mass is 9.95. The number of carbonyl (C=O) groups excluding carboxylic acids is 1. The van der Waals surface area contributed by atoms with Crippen LogP contribution in [-0.4, -0.2) is 38.3 Å². The molecule has 162 valence electrons. The van der Waals surface area contributed by atoms with Gasteiger partial charge in [-0.1, -0.05) is 43.0 Å². The third-order valence-electron chi connectivity index (χ3n) is 5.35. The maximum absolute atomic E-state index is 13.3. The molecule has 0 aromatic heterocycles. The SMILES string of the molecule is COc1ccc(CNC(=O)CN(C2CCCCC2)S(=O)(=O)c2ccc(Cl)cc2)cc1. The molecule has 2 aromatic rings. The van der Waals surface area contributed by atoms with Gasteiger partial charge in [-0.3, -0.25) is 4.79 Å². The highest BCUT2D eigenvalue weighted by molar-refractivity contribution is 7.89. The highest BCUT2D eigenvalue weighted by atomic mass is 35.5. The van der Waals surface area contributed by atoms with Crippen LogP contribution >= 0.6 is 11.6 Å². The molecule has 0 heterocycles. The Morgan fingerprint density at radius 1 is 1.07 bits per heavy atom. The van der Waals surface area contributed by atoms with Gasteiger partial charge in [0.1, 0.15) is 5.75 Å². The molecule has 1 N–H and O–H groups in total. The summed E-state index contributed by atoms with van der Waals surface area (Å²) in [5, 5.41) is 3.30. The zero-order chi connectivity index (χ0) is 21.6. The summed E-state index contributed by atoms with van der Waals surface area (Å²) in [6, 6.07) is 13.3. The number of hydrogen-bond donors (Lipinski definition) is 1. The minimum atomic E-state index is -3.81. The molecule has 0 atom stereocenters. The van der Waals surface area contributed by atoms with Crippen molar-refractivity contribution < 1.29 is 17.9 Å². The van der Waals surface area contributed by atoms with Crippen LogP contribution in [0, 0.1) is 0 Å². The number of halogens is 1. The third-order valence-corrected chi connectivity index (χ3v) is 7.51. The molecule has 8 heteroatoms. The Morgan fingerprint density at radius 2 is 1.70 bits per heavy atom. The van der Waals surface area contributed by atoms with Crippen LogP contribution in [0.5, 0.6) is 5.75 Å². The second kappa shape index (κ2) is 10.3. The van der Waals surface area contributed by atoms with Crippen molar-refractivity contribution in [3.63, 3.8) is 0 Å². The Hall–Kier alpha value is -2.09. The van der Waals surface area contributed by atoms with Crippen LogP contribution in [0.1, 0.15) is 37.7 Å². The number of methoxy groups -OCH3 is 1. The summed E-state index contributed by atoms with van der Waals surface area (Å²) in [4.78, 5) is 12.8. The zero-order valence-corrected chi connectivity index (χ0v) is 18.6. The lowest BCUT2D eigenvalue weighted by molar-refractivity contribution is -0.121. The summed E-state index contributed by atoms with van der Waals surface area (Å²) in [6.45, 7) is 0.119. The Morgan fingerprint density at radius 3 is 2.30 bits per heavy atom. The summed E-state index contributed by atoms with van der Waals surface area (Å²) in [6.07, 6.45) is 4.54. The molecule has 1 aliphatic carbocycles. The molecule has 1 amide bonds. The molecule has 0 aliphatic heterocycles. The van der Waals surface area contributed by atoms with Gasteiger partial charge in [0.15, 0.2) is 0 Å². The lowest BCUT2D eigenvalue weighted by Gasteiger charge is -2.33. The number of hydrogen-bond acceptors (Lipinski definition) is 4. The predicted octanol–water partition coefficient (Wildman–Crippen LogP) is 3.99. The summed E-state index contributed by atoms with van der Waals surface area (Å²) in [7, 11) is -2.21. The van der Waals surface area contributed by atoms with Crippen LogP contribution in [0.25, 0.3) is 0 Å². The molecule has 0 bridgehead atoms. The topological polar surface area (TPSA) is 75.7 Å². The first-order chi connectivity index (χ1) is 14.4. The number of nitrogens with zero attached hydrogens (tertiary/aromatic N) is 1. The standard InChI is InChI=1S/C22H27ClN2O4S/c1-29-20-11-7-17(8-12-20)15-24-22(26)16-25(19-5-3-2-4-6-19)30(27,28)21-13-9-18(23)10-14-21/h7-14,19H,2-6,15-16H2,1H3,(H,24,26). The molecule has 0 spiro atoms. The van der Waals surface area contributed by atoms with Gasteiger partial charge in [-0.25, -0.2) is 8.42 Å². The minimum absolute atomic E-state index is 0.153. The van der Waals surface area contributed by atoms with E-state index in [1.165, 1.54) is 16.4 Å². The fourth-order valence-corrected chi connectivity index (χ4v) is 5.43. The summed E-state index contributed by atoms with van der Waals surface area (Å²) in [5.41, 5.74) is 0.911. The quantitative estimate of drug-likeness (QED) is 0.659. The van der Waals surface area contributed by atoms with Crippen LogP contribution < -0.4 is 10.1 Å². The van der Waals surface area contributed by atoms with Crippen LogP contribution in [0.3, 0.4) is 0 Å². The van der Waals surface area contributed by atoms with Crippen molar-refractivity contribution in [2.75, 3.05) is 13.7 Å². The molecule has 30 heavy (non-hydrogen) atoms. The third kappa shape index (κ3) is 5.74. The number of nitrogens with one attached hydrogen (secondary N) is 1. The van der Waals surface area contributed by atoms with Gasteiger partial charge in [0.2, 0.25) is 15.9 Å². The molecule has 3 rings (SSSR count). The van der Waals surface area contributed by atoms with Crippen LogP contribution in [0.15, 0.2) is 53.4 Å². The van der Waals surface area contributed by atoms with Gasteiger partial charge in [-0.15, -0.1) is 0 Å². The van der Waals surface area contributed by atoms with Crippen molar-refractivity contribution in [2.45, 2.75) is 49.6 Å². The molecule has 6 nitrogen and oxygen atoms in total. The minimum Gasteiger partial charge on any atom is -0.497 e. The van der Waals surface area contributed by atoms with E-state index in [2.05, 4.69) is 5.32 Å². The molecule has 1 fully saturated rings. The molecular weight excluding hydrogens is 424 g/mol. The predicted molar refractivity (Wildman–Crippen MR) is 117 cm³/mol. The first kappa shape index (κ1) is 22.6. The van der Waals surface area contributed by atoms with E-state index in [1.54, 1.807) is 19.2 Å². The maximum atomic E-state index is 13.3. The zero-order valence-electron chi connectivity index (χ0n) is 17.0. The number of benzene rings is 2. The largest absolute Gasteiger partial charge is 0.497 e. The second-order valence-corrected chi connectivity index (χ2v) is 9.75. The van der Waals surface area contributed by atoms with E-state index in [0.717, 1.165) is 43.4 Å². The van der Waals surface area contributed by atoms with Crippen molar-refractivity contribution in [3.05, 3.63) is 59.1 Å². The molecule has 0 unspecified atom stereocenters. The van der Waals surface area contributed by atoms with Crippen molar-refractivity contribution in [2.24, 2.45) is 0 Å². The Labute approximate surface area is 183 Å². The molecule has 1 aliphatic rings. The summed E-state index contributed by atoms with van der Waals surface area (Å²) in [5.74, 6) is 0.413. The smallest absolute Gasteiger partial charge is 0.243 e. The molecule has 0 radical (unpaired) electrons. The molecular formula is C22H27ClN2O4S. The number of ether oxygens (including phenoxy) is 1. The van der Waals surface area contributed by atoms with Gasteiger partial charge in [0.25, 0.3) is 0 Å². The molecule has 1 saturated carbocycles. The highest BCUT2D eigenvalue weighted by Gasteiger charge is 2.33. The van der Waals surface area contributed by atoms with E-state index in [0.29, 0.717) is 11.6 Å². The van der Waals surface area contributed by atoms with Gasteiger partial charge in [-0.2, -0.15) is 4.31 Å². The lowest BCUT2D eigenvalue weighted by Crippen LogP contribution is -2.46. The Kier molecular flexibility index (Phi) is 7.75. The van der Waals surface area contributed by atoms with Gasteiger partial charge < -0.3 is 10.1 Å². The van der Waals surface area contributed by atoms with Crippen LogP contribution in [0.4, 0.5) is 0 Å². The summed E-state index contributed by atoms with van der Waals surface area (Å²) >= 11 is 5.91. The van der Waals surface area contributed by atoms with Gasteiger partial charge in [0, 0.05) is 17.6 Å². The number of carbonyl (C=O) groups is 1. The van der Waals surface area contributed by atoms with Crippen molar-refractivity contribution in [1.82, 2.24) is 9.62 Å². The van der Waals surface area contributed by atoms with Gasteiger partial charge in [-0.05, 0) is 54.8 Å². The highest BCUT2D eigenvalue weighted by Crippen LogP contribution is 2.28. The Balaban J connectivity index is 1.73. The van der Waals surface area contributed by atoms with E-state index < -0.39 is 10.0 Å². The van der Waals surface area contributed by atoms with E-state index in [9.17, 15) is 13.2 Å². The number of rotatable bonds is 8. The fourth-order valence-electron chi connectivity index (χ4n) is 3.66. The monoisotopic (exact) mass is 450 g/mol. The fraction of sp³-hybridized carbons (Fsp3) is 0.409. The van der Waals surface area contributed by atoms with Crippen molar-refractivity contribution >= 4 is 27.5 Å². The maximum Gasteiger partial charge on any atom is 0.243 e. The second-order valence-electron chi connectivity index (χ2n) is 7.42. The van der Waals surface area contributed by atoms with E-state index in [4.69, 9.17) is 16.3 Å².